The van der Waals surface area contributed by atoms with Gasteiger partial charge >= 0.3 is 0 Å². The van der Waals surface area contributed by atoms with Crippen LogP contribution in [-0.4, -0.2) is 40.1 Å². The van der Waals surface area contributed by atoms with Crippen molar-refractivity contribution in [3.8, 4) is 11.3 Å². The van der Waals surface area contributed by atoms with Crippen molar-refractivity contribution in [2.45, 2.75) is 12.8 Å². The lowest BCUT2D eigenvalue weighted by molar-refractivity contribution is -0.119. The van der Waals surface area contributed by atoms with Crippen LogP contribution in [0.25, 0.3) is 16.9 Å². The molecule has 4 aromatic rings. The van der Waals surface area contributed by atoms with Crippen LogP contribution in [0.15, 0.2) is 71.3 Å². The number of hydrogen-bond acceptors (Lipinski definition) is 5. The van der Waals surface area contributed by atoms with Crippen molar-refractivity contribution in [1.29, 1.82) is 0 Å². The van der Waals surface area contributed by atoms with Gasteiger partial charge in [0.2, 0.25) is 5.91 Å². The Bertz CT molecular complexity index is 1230. The average Bonchev–Trinajstić information content (AvgIpc) is 3.21. The molecule has 2 aromatic carbocycles. The van der Waals surface area contributed by atoms with Crippen LogP contribution in [0.4, 0.5) is 11.5 Å². The number of unbranched alkanes of at least 4 members (excludes halogenated alkanes) is 1. The number of para-hydroxylation sites is 1. The Labute approximate surface area is 205 Å². The molecule has 3 N–H and O–H groups in total. The number of amides is 1. The van der Waals surface area contributed by atoms with E-state index in [-0.39, 0.29) is 12.5 Å². The third-order valence-corrected chi connectivity index (χ3v) is 5.93. The molecule has 4 rings (SSSR count). The molecule has 0 spiro atoms. The van der Waals surface area contributed by atoms with Crippen LogP contribution in [0.1, 0.15) is 12.8 Å². The molecule has 0 unspecified atom stereocenters. The summed E-state index contributed by atoms with van der Waals surface area (Å²) >= 11 is 9.90. The van der Waals surface area contributed by atoms with Crippen molar-refractivity contribution in [1.82, 2.24) is 19.9 Å². The Morgan fingerprint density at radius 1 is 1.00 bits per heavy atom. The molecule has 0 radical (unpaired) electrons. The van der Waals surface area contributed by atoms with E-state index in [1.165, 1.54) is 0 Å². The standard InChI is InChI=1S/C24H24BrClN6O/c25-19-15-30-32-22(14-21(31-24(19)32)18-10-4-5-11-20(18)26)27-12-6-7-13-28-23(33)16-29-17-8-2-1-3-9-17/h1-5,8-11,14-15,27,29H,6-7,12-13,16H2,(H,28,33). The van der Waals surface area contributed by atoms with Gasteiger partial charge in [0, 0.05) is 35.4 Å². The number of hydrogen-bond donors (Lipinski definition) is 3. The number of anilines is 2. The monoisotopic (exact) mass is 526 g/mol. The molecule has 2 aromatic heterocycles. The smallest absolute Gasteiger partial charge is 0.239 e. The van der Waals surface area contributed by atoms with Gasteiger partial charge in [-0.2, -0.15) is 9.61 Å². The van der Waals surface area contributed by atoms with Gasteiger partial charge in [-0.25, -0.2) is 4.98 Å². The second-order valence-electron chi connectivity index (χ2n) is 7.44. The molecule has 0 aliphatic rings. The lowest BCUT2D eigenvalue weighted by Crippen LogP contribution is -2.30. The second-order valence-corrected chi connectivity index (χ2v) is 8.70. The number of carbonyl (C=O) groups excluding carboxylic acids is 1. The minimum Gasteiger partial charge on any atom is -0.376 e. The minimum atomic E-state index is -0.0200. The van der Waals surface area contributed by atoms with Crippen LogP contribution in [0.5, 0.6) is 0 Å². The van der Waals surface area contributed by atoms with E-state index in [0.717, 1.165) is 46.6 Å². The molecule has 1 amide bonds. The summed E-state index contributed by atoms with van der Waals surface area (Å²) < 4.78 is 2.58. The van der Waals surface area contributed by atoms with Crippen molar-refractivity contribution >= 4 is 50.6 Å². The molecule has 0 saturated heterocycles. The van der Waals surface area contributed by atoms with E-state index in [9.17, 15) is 4.79 Å². The van der Waals surface area contributed by atoms with Gasteiger partial charge in [0.25, 0.3) is 0 Å². The fraction of sp³-hybridized carbons (Fsp3) is 0.208. The highest BCUT2D eigenvalue weighted by Gasteiger charge is 2.13. The molecule has 0 aliphatic heterocycles. The number of nitrogens with one attached hydrogen (secondary N) is 3. The Kier molecular flexibility index (Phi) is 7.80. The first-order valence-electron chi connectivity index (χ1n) is 10.7. The van der Waals surface area contributed by atoms with Gasteiger partial charge in [-0.1, -0.05) is 48.0 Å². The van der Waals surface area contributed by atoms with Crippen LogP contribution in [0.3, 0.4) is 0 Å². The van der Waals surface area contributed by atoms with Crippen molar-refractivity contribution < 1.29 is 4.79 Å². The number of halogens is 2. The summed E-state index contributed by atoms with van der Waals surface area (Å²) in [6.45, 7) is 1.62. The molecule has 0 saturated carbocycles. The quantitative estimate of drug-likeness (QED) is 0.246. The molecule has 0 fully saturated rings. The number of carbonyl (C=O) groups is 1. The highest BCUT2D eigenvalue weighted by molar-refractivity contribution is 9.10. The van der Waals surface area contributed by atoms with Gasteiger partial charge in [-0.15, -0.1) is 0 Å². The Morgan fingerprint density at radius 2 is 1.76 bits per heavy atom. The summed E-state index contributed by atoms with van der Waals surface area (Å²) in [7, 11) is 0. The number of aromatic nitrogens is 3. The summed E-state index contributed by atoms with van der Waals surface area (Å²) in [5.74, 6) is 0.810. The Hall–Kier alpha value is -3.10. The number of benzene rings is 2. The first-order chi connectivity index (χ1) is 16.1. The summed E-state index contributed by atoms with van der Waals surface area (Å²) in [6, 6.07) is 19.3. The topological polar surface area (TPSA) is 83.4 Å². The zero-order valence-electron chi connectivity index (χ0n) is 17.9. The van der Waals surface area contributed by atoms with Gasteiger partial charge < -0.3 is 16.0 Å². The van der Waals surface area contributed by atoms with Gasteiger partial charge in [0.15, 0.2) is 5.65 Å². The van der Waals surface area contributed by atoms with Crippen LogP contribution >= 0.6 is 27.5 Å². The van der Waals surface area contributed by atoms with E-state index >= 15 is 0 Å². The maximum atomic E-state index is 12.0. The van der Waals surface area contributed by atoms with Crippen molar-refractivity contribution in [3.05, 3.63) is 76.4 Å². The fourth-order valence-corrected chi connectivity index (χ4v) is 3.94. The van der Waals surface area contributed by atoms with E-state index in [1.54, 1.807) is 10.7 Å². The summed E-state index contributed by atoms with van der Waals surface area (Å²) in [4.78, 5) is 16.7. The molecule has 7 nitrogen and oxygen atoms in total. The highest BCUT2D eigenvalue weighted by atomic mass is 79.9. The predicted octanol–water partition coefficient (Wildman–Crippen LogP) is 5.23. The Morgan fingerprint density at radius 3 is 2.58 bits per heavy atom. The number of rotatable bonds is 10. The molecule has 0 bridgehead atoms. The van der Waals surface area contributed by atoms with Gasteiger partial charge in [0.1, 0.15) is 5.82 Å². The van der Waals surface area contributed by atoms with Crippen molar-refractivity contribution in [2.24, 2.45) is 0 Å². The predicted molar refractivity (Wildman–Crippen MR) is 137 cm³/mol. The molecule has 9 heteroatoms. The van der Waals surface area contributed by atoms with E-state index < -0.39 is 0 Å². The number of fused-ring (bicyclic) bond motifs is 1. The largest absolute Gasteiger partial charge is 0.376 e. The molecule has 2 heterocycles. The molecular formula is C24H24BrClN6O. The maximum Gasteiger partial charge on any atom is 0.239 e. The molecule has 0 atom stereocenters. The first-order valence-corrected chi connectivity index (χ1v) is 11.9. The molecule has 170 valence electrons. The summed E-state index contributed by atoms with van der Waals surface area (Å²) in [5, 5.41) is 14.5. The van der Waals surface area contributed by atoms with Gasteiger partial charge in [-0.05, 0) is 47.0 Å². The van der Waals surface area contributed by atoms with Crippen LogP contribution < -0.4 is 16.0 Å². The van der Waals surface area contributed by atoms with Crippen LogP contribution in [0, 0.1) is 0 Å². The normalized spacial score (nSPS) is 10.8. The van der Waals surface area contributed by atoms with Crippen molar-refractivity contribution in [2.75, 3.05) is 30.3 Å². The second kappa shape index (κ2) is 11.2. The zero-order chi connectivity index (χ0) is 23.0. The third kappa shape index (κ3) is 6.03. The fourth-order valence-electron chi connectivity index (χ4n) is 3.36. The molecular weight excluding hydrogens is 504 g/mol. The van der Waals surface area contributed by atoms with E-state index in [0.29, 0.717) is 17.2 Å². The lowest BCUT2D eigenvalue weighted by Gasteiger charge is -2.12. The molecule has 0 aliphatic carbocycles. The first kappa shape index (κ1) is 23.1. The van der Waals surface area contributed by atoms with Crippen molar-refractivity contribution in [3.63, 3.8) is 0 Å². The maximum absolute atomic E-state index is 12.0. The SMILES string of the molecule is O=C(CNc1ccccc1)NCCCCNc1cc(-c2ccccc2Cl)nc2c(Br)cnn12. The minimum absolute atomic E-state index is 0.0200. The third-order valence-electron chi connectivity index (χ3n) is 5.04. The van der Waals surface area contributed by atoms with Gasteiger partial charge in [-0.3, -0.25) is 4.79 Å². The van der Waals surface area contributed by atoms with Gasteiger partial charge in [0.05, 0.1) is 22.9 Å². The lowest BCUT2D eigenvalue weighted by atomic mass is 10.1. The summed E-state index contributed by atoms with van der Waals surface area (Å²) in [6.07, 6.45) is 3.47. The zero-order valence-corrected chi connectivity index (χ0v) is 20.2. The van der Waals surface area contributed by atoms with Crippen LogP contribution in [0.2, 0.25) is 5.02 Å². The molecule has 33 heavy (non-hydrogen) atoms. The Balaban J connectivity index is 1.29. The number of nitrogens with zero attached hydrogens (tertiary/aromatic N) is 3. The van der Waals surface area contributed by atoms with E-state index in [1.807, 2.05) is 60.7 Å². The highest BCUT2D eigenvalue weighted by Crippen LogP contribution is 2.30. The summed E-state index contributed by atoms with van der Waals surface area (Å²) in [5.41, 5.74) is 3.29. The van der Waals surface area contributed by atoms with E-state index in [2.05, 4.69) is 37.0 Å². The average molecular weight is 528 g/mol. The van der Waals surface area contributed by atoms with Crippen LogP contribution in [-0.2, 0) is 4.79 Å². The van der Waals surface area contributed by atoms with E-state index in [4.69, 9.17) is 16.6 Å².